The Kier molecular flexibility index (Phi) is 5.24. The van der Waals surface area contributed by atoms with Crippen molar-refractivity contribution in [3.8, 4) is 0 Å². The average Bonchev–Trinajstić information content (AvgIpc) is 3.41. The molecule has 5 heterocycles. The number of hydrogen-bond acceptors (Lipinski definition) is 7. The number of amides is 1. The van der Waals surface area contributed by atoms with Crippen LogP contribution in [0.25, 0.3) is 11.0 Å². The van der Waals surface area contributed by atoms with Crippen LogP contribution in [-0.4, -0.2) is 95.5 Å². The number of nitrogens with one attached hydrogen (secondary N) is 1. The maximum absolute atomic E-state index is 12.8. The third kappa shape index (κ3) is 3.64. The standard InChI is InChI=1S/C20H28N6O3/c27-20(29-13-10-24-8-11-28-12-9-24)26-6-1-2-16-17(26)4-7-25(16)19-15-3-5-21-18(15)22-14-23-19/h3,5,14,16-17H,1-2,4,6-13H2,(H,21,22,23)/t16-,17-/m1/s1. The molecule has 3 fully saturated rings. The molecular formula is C20H28N6O3. The summed E-state index contributed by atoms with van der Waals surface area (Å²) in [5.74, 6) is 0.964. The molecule has 9 nitrogen and oxygen atoms in total. The first-order chi connectivity index (χ1) is 14.3. The van der Waals surface area contributed by atoms with E-state index in [9.17, 15) is 4.79 Å². The summed E-state index contributed by atoms with van der Waals surface area (Å²) >= 11 is 0. The van der Waals surface area contributed by atoms with Crippen LogP contribution in [0.1, 0.15) is 19.3 Å². The number of likely N-dealkylation sites (tertiary alicyclic amines) is 1. The summed E-state index contributed by atoms with van der Waals surface area (Å²) in [4.78, 5) is 31.4. The van der Waals surface area contributed by atoms with E-state index >= 15 is 0 Å². The molecule has 2 aromatic heterocycles. The maximum Gasteiger partial charge on any atom is 0.410 e. The van der Waals surface area contributed by atoms with Crippen molar-refractivity contribution in [2.24, 2.45) is 0 Å². The van der Waals surface area contributed by atoms with Gasteiger partial charge in [0.1, 0.15) is 24.4 Å². The number of fused-ring (bicyclic) bond motifs is 2. The van der Waals surface area contributed by atoms with Crippen LogP contribution in [0.5, 0.6) is 0 Å². The number of morpholine rings is 1. The topological polar surface area (TPSA) is 86.8 Å². The smallest absolute Gasteiger partial charge is 0.410 e. The molecule has 0 aromatic carbocycles. The molecule has 0 saturated carbocycles. The molecule has 3 saturated heterocycles. The van der Waals surface area contributed by atoms with Gasteiger partial charge in [0.15, 0.2) is 0 Å². The molecule has 156 valence electrons. The zero-order valence-corrected chi connectivity index (χ0v) is 16.6. The third-order valence-electron chi connectivity index (χ3n) is 6.39. The summed E-state index contributed by atoms with van der Waals surface area (Å²) < 4.78 is 11.0. The summed E-state index contributed by atoms with van der Waals surface area (Å²) in [5.41, 5.74) is 0.855. The molecule has 29 heavy (non-hydrogen) atoms. The summed E-state index contributed by atoms with van der Waals surface area (Å²) in [6.07, 6.45) is 6.33. The van der Waals surface area contributed by atoms with Gasteiger partial charge in [-0.25, -0.2) is 14.8 Å². The van der Waals surface area contributed by atoms with Crippen LogP contribution in [0.3, 0.4) is 0 Å². The summed E-state index contributed by atoms with van der Waals surface area (Å²) in [7, 11) is 0. The molecule has 3 aliphatic heterocycles. The highest BCUT2D eigenvalue weighted by atomic mass is 16.6. The largest absolute Gasteiger partial charge is 0.448 e. The van der Waals surface area contributed by atoms with Gasteiger partial charge in [0.25, 0.3) is 0 Å². The minimum atomic E-state index is -0.177. The monoisotopic (exact) mass is 400 g/mol. The van der Waals surface area contributed by atoms with E-state index in [-0.39, 0.29) is 18.2 Å². The fourth-order valence-corrected chi connectivity index (χ4v) is 4.93. The van der Waals surface area contributed by atoms with Gasteiger partial charge in [-0.15, -0.1) is 0 Å². The van der Waals surface area contributed by atoms with E-state index in [0.717, 1.165) is 82.1 Å². The maximum atomic E-state index is 12.8. The van der Waals surface area contributed by atoms with Crippen LogP contribution >= 0.6 is 0 Å². The van der Waals surface area contributed by atoms with Gasteiger partial charge in [-0.1, -0.05) is 0 Å². The lowest BCUT2D eigenvalue weighted by Crippen LogP contribution is -2.52. The minimum Gasteiger partial charge on any atom is -0.448 e. The van der Waals surface area contributed by atoms with Crippen molar-refractivity contribution in [3.05, 3.63) is 18.6 Å². The molecule has 5 rings (SSSR count). The van der Waals surface area contributed by atoms with Gasteiger partial charge >= 0.3 is 6.09 Å². The number of carbonyl (C=O) groups is 1. The fraction of sp³-hybridized carbons (Fsp3) is 0.650. The number of rotatable bonds is 4. The second-order valence-electron chi connectivity index (χ2n) is 7.96. The molecule has 0 bridgehead atoms. The molecular weight excluding hydrogens is 372 g/mol. The second kappa shape index (κ2) is 8.16. The molecule has 1 amide bonds. The number of aromatic nitrogens is 3. The van der Waals surface area contributed by atoms with Gasteiger partial charge in [-0.05, 0) is 25.3 Å². The first kappa shape index (κ1) is 18.6. The Hall–Kier alpha value is -2.39. The van der Waals surface area contributed by atoms with E-state index in [1.54, 1.807) is 6.33 Å². The number of anilines is 1. The molecule has 9 heteroatoms. The second-order valence-corrected chi connectivity index (χ2v) is 7.96. The van der Waals surface area contributed by atoms with Crippen LogP contribution in [0, 0.1) is 0 Å². The molecule has 1 N–H and O–H groups in total. The van der Waals surface area contributed by atoms with Crippen LogP contribution < -0.4 is 4.90 Å². The molecule has 0 aliphatic carbocycles. The summed E-state index contributed by atoms with van der Waals surface area (Å²) in [5, 5.41) is 1.04. The molecule has 2 aromatic rings. The van der Waals surface area contributed by atoms with E-state index in [1.807, 2.05) is 17.2 Å². The quantitative estimate of drug-likeness (QED) is 0.832. The van der Waals surface area contributed by atoms with Crippen LogP contribution in [-0.2, 0) is 9.47 Å². The van der Waals surface area contributed by atoms with Crippen LogP contribution in [0.2, 0.25) is 0 Å². The van der Waals surface area contributed by atoms with E-state index in [0.29, 0.717) is 6.61 Å². The predicted molar refractivity (Wildman–Crippen MR) is 108 cm³/mol. The number of aromatic amines is 1. The van der Waals surface area contributed by atoms with Crippen molar-refractivity contribution in [3.63, 3.8) is 0 Å². The molecule has 2 atom stereocenters. The fourth-order valence-electron chi connectivity index (χ4n) is 4.93. The normalized spacial score (nSPS) is 25.4. The Balaban J connectivity index is 1.23. The number of nitrogens with zero attached hydrogens (tertiary/aromatic N) is 5. The highest BCUT2D eigenvalue weighted by Crippen LogP contribution is 2.36. The minimum absolute atomic E-state index is 0.177. The Morgan fingerprint density at radius 3 is 2.97 bits per heavy atom. The van der Waals surface area contributed by atoms with Crippen molar-refractivity contribution in [1.82, 2.24) is 24.8 Å². The molecule has 0 unspecified atom stereocenters. The van der Waals surface area contributed by atoms with E-state index in [2.05, 4.69) is 24.8 Å². The lowest BCUT2D eigenvalue weighted by molar-refractivity contribution is 0.0213. The van der Waals surface area contributed by atoms with Crippen LogP contribution in [0.15, 0.2) is 18.6 Å². The van der Waals surface area contributed by atoms with Crippen molar-refractivity contribution < 1.29 is 14.3 Å². The van der Waals surface area contributed by atoms with Gasteiger partial charge in [0.2, 0.25) is 0 Å². The van der Waals surface area contributed by atoms with E-state index in [4.69, 9.17) is 9.47 Å². The summed E-state index contributed by atoms with van der Waals surface area (Å²) in [6.45, 7) is 6.22. The first-order valence-corrected chi connectivity index (χ1v) is 10.6. The number of carbonyl (C=O) groups excluding carboxylic acids is 1. The third-order valence-corrected chi connectivity index (χ3v) is 6.39. The SMILES string of the molecule is O=C(OCCN1CCOCC1)N1CCC[C@@H]2[C@H]1CCN2c1ncnc2[nH]ccc12. The molecule has 0 spiro atoms. The number of piperidine rings is 1. The Morgan fingerprint density at radius 1 is 1.17 bits per heavy atom. The molecule has 0 radical (unpaired) electrons. The van der Waals surface area contributed by atoms with Gasteiger partial charge in [-0.3, -0.25) is 4.90 Å². The summed E-state index contributed by atoms with van der Waals surface area (Å²) in [6, 6.07) is 2.49. The Morgan fingerprint density at radius 2 is 2.07 bits per heavy atom. The van der Waals surface area contributed by atoms with Crippen molar-refractivity contribution in [2.75, 3.05) is 57.4 Å². The highest BCUT2D eigenvalue weighted by Gasteiger charge is 2.43. The van der Waals surface area contributed by atoms with Gasteiger partial charge in [0.05, 0.1) is 30.7 Å². The lowest BCUT2D eigenvalue weighted by atomic mass is 9.97. The van der Waals surface area contributed by atoms with Crippen molar-refractivity contribution in [1.29, 1.82) is 0 Å². The van der Waals surface area contributed by atoms with Crippen molar-refractivity contribution >= 4 is 22.9 Å². The highest BCUT2D eigenvalue weighted by molar-refractivity contribution is 5.87. The van der Waals surface area contributed by atoms with Crippen LogP contribution in [0.4, 0.5) is 10.6 Å². The lowest BCUT2D eigenvalue weighted by Gasteiger charge is -2.39. The van der Waals surface area contributed by atoms with Crippen molar-refractivity contribution in [2.45, 2.75) is 31.3 Å². The van der Waals surface area contributed by atoms with Gasteiger partial charge < -0.3 is 24.3 Å². The zero-order valence-electron chi connectivity index (χ0n) is 16.6. The number of ether oxygens (including phenoxy) is 2. The number of hydrogen-bond donors (Lipinski definition) is 1. The average molecular weight is 400 g/mol. The van der Waals surface area contributed by atoms with E-state index in [1.165, 1.54) is 0 Å². The zero-order chi connectivity index (χ0) is 19.6. The predicted octanol–water partition coefficient (Wildman–Crippen LogP) is 1.47. The number of H-pyrrole nitrogens is 1. The molecule has 3 aliphatic rings. The Labute approximate surface area is 170 Å². The Bertz CT molecular complexity index is 852. The van der Waals surface area contributed by atoms with Gasteiger partial charge in [0, 0.05) is 38.9 Å². The van der Waals surface area contributed by atoms with E-state index < -0.39 is 0 Å². The first-order valence-electron chi connectivity index (χ1n) is 10.6. The van der Waals surface area contributed by atoms with Gasteiger partial charge in [-0.2, -0.15) is 0 Å².